The number of fused-ring (bicyclic) bond motifs is 5. The van der Waals surface area contributed by atoms with E-state index in [1.807, 2.05) is 37.6 Å². The van der Waals surface area contributed by atoms with Crippen LogP contribution in [0.1, 0.15) is 75.1 Å². The van der Waals surface area contributed by atoms with Gasteiger partial charge in [0.25, 0.3) is 0 Å². The predicted molar refractivity (Wildman–Crippen MR) is 230 cm³/mol. The van der Waals surface area contributed by atoms with Crippen molar-refractivity contribution in [1.82, 2.24) is 15.0 Å². The average molecular weight is 914 g/mol. The zero-order valence-electron chi connectivity index (χ0n) is 34.3. The van der Waals surface area contributed by atoms with Gasteiger partial charge in [-0.2, -0.15) is 0 Å². The first-order valence-electron chi connectivity index (χ1n) is 19.3. The Balaban J connectivity index is 0.000000188. The third-order valence-corrected chi connectivity index (χ3v) is 10.1. The maximum atomic E-state index is 6.46. The first kappa shape index (κ1) is 40.7. The van der Waals surface area contributed by atoms with Crippen molar-refractivity contribution in [2.75, 3.05) is 0 Å². The standard InChI is InChI=1S/C26H23N2O.C25H28N.Ir/c1-16-23-18(11-13-27-16)8-9-20-19-6-5-7-21(24(19)29-25(20)23)22-14-17(10-12-28-22)15-26(2,3)4;1-17-7-10-22(24-13-18(2)19(3)16-26-24)14-23(17)21-11-8-20(9-12-21)15-25(4,5)6;/h5-6,8-14H,15H2,1-4H3;7-9,11-14,16H,15H2,1-6H3;/q2*-1;. The zero-order valence-corrected chi connectivity index (χ0v) is 36.7. The van der Waals surface area contributed by atoms with Crippen molar-refractivity contribution in [2.45, 2.75) is 82.1 Å². The average Bonchev–Trinajstić information content (AvgIpc) is 3.52. The second-order valence-corrected chi connectivity index (χ2v) is 17.5. The van der Waals surface area contributed by atoms with Gasteiger partial charge in [0.2, 0.25) is 0 Å². The predicted octanol–water partition coefficient (Wildman–Crippen LogP) is 13.6. The van der Waals surface area contributed by atoms with Crippen LogP contribution in [0.4, 0.5) is 0 Å². The van der Waals surface area contributed by atoms with Crippen LogP contribution in [0.2, 0.25) is 0 Å². The van der Waals surface area contributed by atoms with Crippen LogP contribution in [0.3, 0.4) is 0 Å². The van der Waals surface area contributed by atoms with E-state index in [-0.39, 0.29) is 25.5 Å². The van der Waals surface area contributed by atoms with Crippen molar-refractivity contribution in [3.8, 4) is 33.6 Å². The summed E-state index contributed by atoms with van der Waals surface area (Å²) < 4.78 is 6.46. The van der Waals surface area contributed by atoms with Gasteiger partial charge in [-0.15, -0.1) is 47.5 Å². The van der Waals surface area contributed by atoms with Crippen LogP contribution in [-0.4, -0.2) is 15.0 Å². The number of benzene rings is 4. The Kier molecular flexibility index (Phi) is 11.8. The first-order valence-corrected chi connectivity index (χ1v) is 19.3. The maximum absolute atomic E-state index is 6.46. The molecule has 4 nitrogen and oxygen atoms in total. The van der Waals surface area contributed by atoms with Gasteiger partial charge in [0.05, 0.1) is 5.58 Å². The van der Waals surface area contributed by atoms with Crippen LogP contribution in [0.5, 0.6) is 0 Å². The number of hydrogen-bond donors (Lipinski definition) is 0. The molecule has 0 saturated carbocycles. The first-order chi connectivity index (χ1) is 26.1. The molecule has 5 heteroatoms. The van der Waals surface area contributed by atoms with E-state index in [1.54, 1.807) is 0 Å². The van der Waals surface area contributed by atoms with E-state index in [2.05, 4.69) is 162 Å². The molecule has 1 radical (unpaired) electrons. The van der Waals surface area contributed by atoms with Crippen LogP contribution in [-0.2, 0) is 32.9 Å². The summed E-state index contributed by atoms with van der Waals surface area (Å²) in [6.45, 7) is 22.0. The summed E-state index contributed by atoms with van der Waals surface area (Å²) in [5.74, 6) is 0. The van der Waals surface area contributed by atoms with Gasteiger partial charge in [-0.1, -0.05) is 125 Å². The van der Waals surface area contributed by atoms with Crippen LogP contribution in [0, 0.1) is 50.7 Å². The molecule has 0 amide bonds. The van der Waals surface area contributed by atoms with Crippen LogP contribution in [0.15, 0.2) is 108 Å². The number of nitrogens with zero attached hydrogens (tertiary/aromatic N) is 3. The topological polar surface area (TPSA) is 51.8 Å². The summed E-state index contributed by atoms with van der Waals surface area (Å²) in [5, 5.41) is 4.40. The van der Waals surface area contributed by atoms with E-state index >= 15 is 0 Å². The molecule has 4 aromatic carbocycles. The van der Waals surface area contributed by atoms with Crippen LogP contribution in [0.25, 0.3) is 66.4 Å². The van der Waals surface area contributed by atoms with Gasteiger partial charge >= 0.3 is 0 Å². The summed E-state index contributed by atoms with van der Waals surface area (Å²) in [4.78, 5) is 13.7. The molecule has 56 heavy (non-hydrogen) atoms. The minimum Gasteiger partial charge on any atom is -0.500 e. The molecule has 8 aromatic rings. The molecule has 0 fully saturated rings. The minimum absolute atomic E-state index is 0. The largest absolute Gasteiger partial charge is 0.500 e. The van der Waals surface area contributed by atoms with E-state index in [1.165, 1.54) is 38.9 Å². The number of pyridine rings is 3. The Labute approximate surface area is 346 Å². The van der Waals surface area contributed by atoms with E-state index in [4.69, 9.17) is 4.42 Å². The van der Waals surface area contributed by atoms with Gasteiger partial charge in [-0.25, -0.2) is 0 Å². The molecule has 0 aliphatic heterocycles. The van der Waals surface area contributed by atoms with Gasteiger partial charge in [0.15, 0.2) is 0 Å². The number of hydrogen-bond acceptors (Lipinski definition) is 4. The molecule has 0 aliphatic rings. The number of furan rings is 1. The Hall–Kier alpha value is -4.96. The van der Waals surface area contributed by atoms with E-state index in [0.29, 0.717) is 5.41 Å². The molecule has 0 aliphatic carbocycles. The van der Waals surface area contributed by atoms with Crippen molar-refractivity contribution in [2.24, 2.45) is 10.8 Å². The van der Waals surface area contributed by atoms with Crippen molar-refractivity contribution >= 4 is 32.7 Å². The Morgan fingerprint density at radius 2 is 1.30 bits per heavy atom. The molecule has 0 spiro atoms. The molecule has 0 atom stereocenters. The smallest absolute Gasteiger partial charge is 0.130 e. The maximum Gasteiger partial charge on any atom is 0.130 e. The van der Waals surface area contributed by atoms with Crippen LogP contribution < -0.4 is 0 Å². The molecule has 0 saturated heterocycles. The summed E-state index contributed by atoms with van der Waals surface area (Å²) >= 11 is 0. The SMILES string of the molecule is Cc1cnc(-c2[c-]cc(C)c(-c3ccc(CC(C)(C)C)cc3)c2)cc1C.Cc1nccc2ccc3c4cc[c-]c(-c5cc(CC(C)(C)C)ccn5)c4oc3c12.[Ir]. The fraction of sp³-hybridized carbons (Fsp3) is 0.275. The molecular formula is C51H51IrN3O-2. The fourth-order valence-corrected chi connectivity index (χ4v) is 7.36. The van der Waals surface area contributed by atoms with Gasteiger partial charge in [0.1, 0.15) is 5.58 Å². The van der Waals surface area contributed by atoms with Crippen molar-refractivity contribution in [3.05, 3.63) is 149 Å². The van der Waals surface area contributed by atoms with E-state index < -0.39 is 0 Å². The Morgan fingerprint density at radius 3 is 2.02 bits per heavy atom. The second kappa shape index (κ2) is 16.3. The number of aryl methyl sites for hydroxylation is 4. The minimum atomic E-state index is 0. The number of rotatable bonds is 5. The Morgan fingerprint density at radius 1 is 0.607 bits per heavy atom. The summed E-state index contributed by atoms with van der Waals surface area (Å²) in [6.07, 6.45) is 7.76. The molecule has 0 bridgehead atoms. The van der Waals surface area contributed by atoms with Crippen LogP contribution >= 0.6 is 0 Å². The molecular weight excluding hydrogens is 863 g/mol. The van der Waals surface area contributed by atoms with Gasteiger partial charge in [-0.05, 0) is 90.0 Å². The summed E-state index contributed by atoms with van der Waals surface area (Å²) in [5.41, 5.74) is 15.9. The zero-order chi connectivity index (χ0) is 39.1. The number of aromatic nitrogens is 3. The third kappa shape index (κ3) is 9.02. The second-order valence-electron chi connectivity index (χ2n) is 17.5. The van der Waals surface area contributed by atoms with Gasteiger partial charge in [0, 0.05) is 55.2 Å². The van der Waals surface area contributed by atoms with E-state index in [0.717, 1.165) is 73.8 Å². The molecule has 0 N–H and O–H groups in total. The molecule has 4 heterocycles. The van der Waals surface area contributed by atoms with Gasteiger partial charge < -0.3 is 14.4 Å². The summed E-state index contributed by atoms with van der Waals surface area (Å²) in [6, 6.07) is 36.8. The van der Waals surface area contributed by atoms with Gasteiger partial charge in [-0.3, -0.25) is 4.98 Å². The fourth-order valence-electron chi connectivity index (χ4n) is 7.36. The normalized spacial score (nSPS) is 11.8. The van der Waals surface area contributed by atoms with Crippen molar-refractivity contribution in [3.63, 3.8) is 0 Å². The Bertz CT molecular complexity index is 2660. The van der Waals surface area contributed by atoms with Crippen molar-refractivity contribution in [1.29, 1.82) is 0 Å². The third-order valence-electron chi connectivity index (χ3n) is 10.1. The van der Waals surface area contributed by atoms with Crippen molar-refractivity contribution < 1.29 is 24.5 Å². The molecule has 4 aromatic heterocycles. The monoisotopic (exact) mass is 914 g/mol. The summed E-state index contributed by atoms with van der Waals surface area (Å²) in [7, 11) is 0. The quantitative estimate of drug-likeness (QED) is 0.161. The molecule has 287 valence electrons. The molecule has 8 rings (SSSR count). The van der Waals surface area contributed by atoms with E-state index in [9.17, 15) is 0 Å². The molecule has 0 unspecified atom stereocenters.